The first-order chi connectivity index (χ1) is 7.60. The maximum absolute atomic E-state index is 12.1. The molecular weight excluding hydrogens is 320 g/mol. The number of hydrogen-bond acceptors (Lipinski definition) is 1. The summed E-state index contributed by atoms with van der Waals surface area (Å²) in [5.74, 6) is -6.02. The van der Waals surface area contributed by atoms with E-state index in [0.29, 0.717) is 18.2 Å². The molecule has 0 rings (SSSR count). The molecule has 0 heterocycles. The van der Waals surface area contributed by atoms with Gasteiger partial charge in [-0.1, -0.05) is 15.9 Å². The molecule has 0 bridgehead atoms. The Kier molecular flexibility index (Phi) is 6.28. The van der Waals surface area contributed by atoms with Crippen LogP contribution in [0.2, 0.25) is 0 Å². The molecule has 0 atom stereocenters. The second kappa shape index (κ2) is 6.46. The van der Waals surface area contributed by atoms with E-state index in [-0.39, 0.29) is 6.54 Å². The minimum atomic E-state index is -5.63. The predicted octanol–water partition coefficient (Wildman–Crippen LogP) is 3.02. The number of halogens is 7. The van der Waals surface area contributed by atoms with Crippen LogP contribution in [0, 0.1) is 5.92 Å². The van der Waals surface area contributed by atoms with Crippen molar-refractivity contribution >= 4 is 21.8 Å². The standard InChI is InChI=1S/C8H10BrF6NO/c9-3-1-2-4-16-6(17)5(7(10,11)12)8(13,14)15/h5H,1-4H2,(H,16,17). The monoisotopic (exact) mass is 329 g/mol. The van der Waals surface area contributed by atoms with Gasteiger partial charge in [-0.05, 0) is 12.8 Å². The number of carbonyl (C=O) groups is 1. The summed E-state index contributed by atoms with van der Waals surface area (Å²) in [5.41, 5.74) is 0. The zero-order chi connectivity index (χ0) is 13.7. The maximum atomic E-state index is 12.1. The lowest BCUT2D eigenvalue weighted by molar-refractivity contribution is -0.274. The summed E-state index contributed by atoms with van der Waals surface area (Å²) >= 11 is 3.04. The minimum absolute atomic E-state index is 0.215. The number of unbranched alkanes of at least 4 members (excludes halogenated alkanes) is 1. The molecule has 1 amide bonds. The molecule has 102 valence electrons. The third kappa shape index (κ3) is 6.13. The first kappa shape index (κ1) is 16.5. The first-order valence-corrected chi connectivity index (χ1v) is 5.70. The Balaban J connectivity index is 4.47. The maximum Gasteiger partial charge on any atom is 0.409 e. The van der Waals surface area contributed by atoms with Crippen molar-refractivity contribution < 1.29 is 31.1 Å². The summed E-state index contributed by atoms with van der Waals surface area (Å²) in [6, 6.07) is 0. The van der Waals surface area contributed by atoms with Crippen molar-refractivity contribution in [1.82, 2.24) is 5.32 Å². The Hall–Kier alpha value is -0.470. The predicted molar refractivity (Wildman–Crippen MR) is 51.6 cm³/mol. The fraction of sp³-hybridized carbons (Fsp3) is 0.875. The summed E-state index contributed by atoms with van der Waals surface area (Å²) in [6.07, 6.45) is -10.4. The van der Waals surface area contributed by atoms with E-state index in [1.54, 1.807) is 5.32 Å². The number of hydrogen-bond donors (Lipinski definition) is 1. The van der Waals surface area contributed by atoms with E-state index >= 15 is 0 Å². The normalized spacial score (nSPS) is 12.9. The quantitative estimate of drug-likeness (QED) is 0.469. The molecule has 0 aliphatic rings. The first-order valence-electron chi connectivity index (χ1n) is 4.57. The highest BCUT2D eigenvalue weighted by Gasteiger charge is 2.60. The average molecular weight is 330 g/mol. The molecule has 0 unspecified atom stereocenters. The Labute approximate surface area is 102 Å². The molecule has 0 aromatic carbocycles. The van der Waals surface area contributed by atoms with Gasteiger partial charge in [-0.25, -0.2) is 0 Å². The van der Waals surface area contributed by atoms with Crippen LogP contribution < -0.4 is 5.32 Å². The van der Waals surface area contributed by atoms with Crippen molar-refractivity contribution in [3.63, 3.8) is 0 Å². The average Bonchev–Trinajstić information content (AvgIpc) is 2.07. The van der Waals surface area contributed by atoms with E-state index in [1.807, 2.05) is 0 Å². The van der Waals surface area contributed by atoms with Gasteiger partial charge < -0.3 is 5.32 Å². The molecule has 1 N–H and O–H groups in total. The van der Waals surface area contributed by atoms with Crippen LogP contribution in [0.1, 0.15) is 12.8 Å². The van der Waals surface area contributed by atoms with E-state index in [9.17, 15) is 31.1 Å². The highest BCUT2D eigenvalue weighted by atomic mass is 79.9. The van der Waals surface area contributed by atoms with E-state index in [1.165, 1.54) is 0 Å². The molecule has 0 saturated carbocycles. The largest absolute Gasteiger partial charge is 0.409 e. The smallest absolute Gasteiger partial charge is 0.355 e. The number of rotatable bonds is 5. The van der Waals surface area contributed by atoms with E-state index in [2.05, 4.69) is 15.9 Å². The summed E-state index contributed by atoms with van der Waals surface area (Å²) in [7, 11) is 0. The second-order valence-corrected chi connectivity index (χ2v) is 4.00. The molecule has 0 aliphatic carbocycles. The van der Waals surface area contributed by atoms with Gasteiger partial charge in [-0.3, -0.25) is 4.79 Å². The lowest BCUT2D eigenvalue weighted by Gasteiger charge is -2.21. The molecule has 0 saturated heterocycles. The van der Waals surface area contributed by atoms with Crippen LogP contribution in [0.3, 0.4) is 0 Å². The van der Waals surface area contributed by atoms with Crippen LogP contribution in [0.4, 0.5) is 26.3 Å². The van der Waals surface area contributed by atoms with Crippen LogP contribution in [0.15, 0.2) is 0 Å². The van der Waals surface area contributed by atoms with Crippen molar-refractivity contribution in [3.05, 3.63) is 0 Å². The third-order valence-electron chi connectivity index (χ3n) is 1.78. The minimum Gasteiger partial charge on any atom is -0.355 e. The molecule has 0 aromatic heterocycles. The van der Waals surface area contributed by atoms with Gasteiger partial charge in [-0.2, -0.15) is 26.3 Å². The zero-order valence-electron chi connectivity index (χ0n) is 8.46. The van der Waals surface area contributed by atoms with E-state index in [4.69, 9.17) is 0 Å². The fourth-order valence-electron chi connectivity index (χ4n) is 1.02. The van der Waals surface area contributed by atoms with Crippen LogP contribution in [0.5, 0.6) is 0 Å². The fourth-order valence-corrected chi connectivity index (χ4v) is 1.41. The van der Waals surface area contributed by atoms with Crippen LogP contribution >= 0.6 is 15.9 Å². The number of nitrogens with one attached hydrogen (secondary N) is 1. The van der Waals surface area contributed by atoms with Gasteiger partial charge in [0.1, 0.15) is 0 Å². The second-order valence-electron chi connectivity index (χ2n) is 3.20. The molecule has 2 nitrogen and oxygen atoms in total. The van der Waals surface area contributed by atoms with Crippen molar-refractivity contribution in [3.8, 4) is 0 Å². The van der Waals surface area contributed by atoms with E-state index < -0.39 is 24.2 Å². The molecule has 0 fully saturated rings. The van der Waals surface area contributed by atoms with Crippen molar-refractivity contribution in [2.24, 2.45) is 5.92 Å². The van der Waals surface area contributed by atoms with Gasteiger partial charge in [0.05, 0.1) is 0 Å². The Morgan fingerprint density at radius 3 is 1.88 bits per heavy atom. The molecule has 0 spiro atoms. The zero-order valence-corrected chi connectivity index (χ0v) is 10.0. The Morgan fingerprint density at radius 1 is 1.06 bits per heavy atom. The van der Waals surface area contributed by atoms with Crippen molar-refractivity contribution in [2.75, 3.05) is 11.9 Å². The summed E-state index contributed by atoms with van der Waals surface area (Å²) in [4.78, 5) is 10.8. The molecule has 0 aromatic rings. The molecule has 17 heavy (non-hydrogen) atoms. The number of alkyl halides is 7. The van der Waals surface area contributed by atoms with Gasteiger partial charge in [0.2, 0.25) is 11.8 Å². The van der Waals surface area contributed by atoms with Crippen molar-refractivity contribution in [2.45, 2.75) is 25.2 Å². The lowest BCUT2D eigenvalue weighted by Crippen LogP contribution is -2.48. The van der Waals surface area contributed by atoms with Gasteiger partial charge in [-0.15, -0.1) is 0 Å². The third-order valence-corrected chi connectivity index (χ3v) is 2.34. The van der Waals surface area contributed by atoms with Crippen LogP contribution in [0.25, 0.3) is 0 Å². The summed E-state index contributed by atoms with van der Waals surface area (Å²) in [5, 5.41) is 2.19. The van der Waals surface area contributed by atoms with Crippen LogP contribution in [-0.4, -0.2) is 30.1 Å². The SMILES string of the molecule is O=C(NCCCCBr)C(C(F)(F)F)C(F)(F)F. The molecule has 0 aliphatic heterocycles. The van der Waals surface area contributed by atoms with Crippen LogP contribution in [-0.2, 0) is 4.79 Å². The summed E-state index contributed by atoms with van der Waals surface area (Å²) < 4.78 is 72.3. The lowest BCUT2D eigenvalue weighted by atomic mass is 10.1. The molecule has 0 radical (unpaired) electrons. The highest BCUT2D eigenvalue weighted by Crippen LogP contribution is 2.39. The van der Waals surface area contributed by atoms with Gasteiger partial charge >= 0.3 is 12.4 Å². The topological polar surface area (TPSA) is 29.1 Å². The Bertz CT molecular complexity index is 237. The highest BCUT2D eigenvalue weighted by molar-refractivity contribution is 9.09. The van der Waals surface area contributed by atoms with Gasteiger partial charge in [0.25, 0.3) is 0 Å². The van der Waals surface area contributed by atoms with Crippen molar-refractivity contribution in [1.29, 1.82) is 0 Å². The molecule has 9 heteroatoms. The van der Waals surface area contributed by atoms with E-state index in [0.717, 1.165) is 0 Å². The van der Waals surface area contributed by atoms with Gasteiger partial charge in [0, 0.05) is 11.9 Å². The summed E-state index contributed by atoms with van der Waals surface area (Å²) in [6.45, 7) is -0.215. The number of carbonyl (C=O) groups excluding carboxylic acids is 1. The van der Waals surface area contributed by atoms with Gasteiger partial charge in [0.15, 0.2) is 0 Å². The molecular formula is C8H10BrF6NO. The number of amides is 1. The Morgan fingerprint density at radius 2 is 1.53 bits per heavy atom.